The first-order valence-corrected chi connectivity index (χ1v) is 5.90. The number of nitrogens with zero attached hydrogens (tertiary/aromatic N) is 1. The Labute approximate surface area is 108 Å². The molecular formula is C15H21NO2. The molecule has 0 fully saturated rings. The molecule has 1 aromatic heterocycles. The van der Waals surface area contributed by atoms with Gasteiger partial charge < -0.3 is 9.67 Å². The molecule has 0 amide bonds. The molecule has 1 aromatic rings. The summed E-state index contributed by atoms with van der Waals surface area (Å²) in [6.45, 7) is 11.2. The van der Waals surface area contributed by atoms with Crippen LogP contribution in [-0.4, -0.2) is 9.67 Å². The molecule has 1 unspecified atom stereocenters. The molecule has 0 aliphatic heterocycles. The summed E-state index contributed by atoms with van der Waals surface area (Å²) in [5.41, 5.74) is 1.01. The minimum atomic E-state index is -0.843. The summed E-state index contributed by atoms with van der Waals surface area (Å²) in [5.74, 6) is 0. The average Bonchev–Trinajstić information content (AvgIpc) is 2.40. The third-order valence-electron chi connectivity index (χ3n) is 2.31. The van der Waals surface area contributed by atoms with Gasteiger partial charge in [-0.2, -0.15) is 0 Å². The van der Waals surface area contributed by atoms with Crippen molar-refractivity contribution in [3.05, 3.63) is 71.2 Å². The Kier molecular flexibility index (Phi) is 7.40. The van der Waals surface area contributed by atoms with Gasteiger partial charge in [-0.25, -0.2) is 0 Å². The molecule has 0 aromatic carbocycles. The van der Waals surface area contributed by atoms with Crippen molar-refractivity contribution < 1.29 is 5.11 Å². The summed E-state index contributed by atoms with van der Waals surface area (Å²) in [7, 11) is 1.66. The van der Waals surface area contributed by atoms with E-state index < -0.39 is 6.10 Å². The Bertz CT molecular complexity index is 484. The van der Waals surface area contributed by atoms with Gasteiger partial charge in [-0.15, -0.1) is 0 Å². The lowest BCUT2D eigenvalue weighted by atomic mass is 10.0. The maximum absolute atomic E-state index is 11.4. The van der Waals surface area contributed by atoms with Crippen molar-refractivity contribution in [2.24, 2.45) is 7.05 Å². The quantitative estimate of drug-likeness (QED) is 0.831. The number of pyridine rings is 1. The van der Waals surface area contributed by atoms with Crippen LogP contribution >= 0.6 is 0 Å². The topological polar surface area (TPSA) is 42.2 Å². The van der Waals surface area contributed by atoms with Gasteiger partial charge in [0, 0.05) is 19.3 Å². The van der Waals surface area contributed by atoms with E-state index in [1.165, 1.54) is 10.6 Å². The van der Waals surface area contributed by atoms with Crippen LogP contribution < -0.4 is 5.56 Å². The van der Waals surface area contributed by atoms with Crippen molar-refractivity contribution in [3.63, 3.8) is 0 Å². The molecule has 18 heavy (non-hydrogen) atoms. The number of aliphatic hydroxyl groups is 1. The summed E-state index contributed by atoms with van der Waals surface area (Å²) in [5, 5.41) is 9.99. The molecular weight excluding hydrogens is 226 g/mol. The van der Waals surface area contributed by atoms with Gasteiger partial charge >= 0.3 is 0 Å². The second kappa shape index (κ2) is 8.25. The fourth-order valence-corrected chi connectivity index (χ4v) is 1.33. The van der Waals surface area contributed by atoms with E-state index in [4.69, 9.17) is 0 Å². The van der Waals surface area contributed by atoms with Crippen molar-refractivity contribution in [3.8, 4) is 0 Å². The van der Waals surface area contributed by atoms with E-state index in [9.17, 15) is 9.90 Å². The fourth-order valence-electron chi connectivity index (χ4n) is 1.33. The summed E-state index contributed by atoms with van der Waals surface area (Å²) < 4.78 is 1.45. The smallest absolute Gasteiger partial charge is 0.250 e. The Balaban J connectivity index is 0.00000137. The highest BCUT2D eigenvalue weighted by atomic mass is 16.3. The van der Waals surface area contributed by atoms with Crippen LogP contribution in [0, 0.1) is 0 Å². The molecule has 1 N–H and O–H groups in total. The summed E-state index contributed by atoms with van der Waals surface area (Å²) >= 11 is 0. The molecule has 3 heteroatoms. The summed E-state index contributed by atoms with van der Waals surface area (Å²) in [6, 6.07) is 3.11. The van der Waals surface area contributed by atoms with E-state index in [1.807, 2.05) is 13.8 Å². The van der Waals surface area contributed by atoms with E-state index in [2.05, 4.69) is 13.2 Å². The minimum absolute atomic E-state index is 0.154. The number of hydrogen-bond acceptors (Lipinski definition) is 2. The zero-order valence-electron chi connectivity index (χ0n) is 11.3. The lowest BCUT2D eigenvalue weighted by Crippen LogP contribution is -2.16. The van der Waals surface area contributed by atoms with E-state index in [0.29, 0.717) is 11.1 Å². The highest BCUT2D eigenvalue weighted by Crippen LogP contribution is 2.20. The third kappa shape index (κ3) is 4.18. The number of aliphatic hydroxyl groups excluding tert-OH is 1. The predicted octanol–water partition coefficient (Wildman–Crippen LogP) is 2.74. The van der Waals surface area contributed by atoms with Crippen LogP contribution in [0.25, 0.3) is 0 Å². The number of hydrogen-bond donors (Lipinski definition) is 1. The van der Waals surface area contributed by atoms with Gasteiger partial charge in [0.1, 0.15) is 6.10 Å². The summed E-state index contributed by atoms with van der Waals surface area (Å²) in [4.78, 5) is 11.4. The van der Waals surface area contributed by atoms with E-state index >= 15 is 0 Å². The van der Waals surface area contributed by atoms with Crippen LogP contribution in [0.4, 0.5) is 0 Å². The van der Waals surface area contributed by atoms with Gasteiger partial charge in [-0.1, -0.05) is 45.2 Å². The van der Waals surface area contributed by atoms with E-state index in [1.54, 1.807) is 37.5 Å². The minimum Gasteiger partial charge on any atom is -0.384 e. The van der Waals surface area contributed by atoms with Gasteiger partial charge in [0.25, 0.3) is 5.56 Å². The van der Waals surface area contributed by atoms with Crippen LogP contribution in [0.2, 0.25) is 0 Å². The predicted molar refractivity (Wildman–Crippen MR) is 76.5 cm³/mol. The van der Waals surface area contributed by atoms with E-state index in [0.717, 1.165) is 0 Å². The summed E-state index contributed by atoms with van der Waals surface area (Å²) in [6.07, 6.45) is 5.56. The molecule has 0 radical (unpaired) electrons. The van der Waals surface area contributed by atoms with Crippen LogP contribution in [0.3, 0.4) is 0 Å². The molecule has 98 valence electrons. The number of allylic oxidation sites excluding steroid dienone is 2. The van der Waals surface area contributed by atoms with Crippen molar-refractivity contribution >= 4 is 0 Å². The van der Waals surface area contributed by atoms with Crippen molar-refractivity contribution in [2.75, 3.05) is 0 Å². The molecule has 0 bridgehead atoms. The van der Waals surface area contributed by atoms with Crippen molar-refractivity contribution in [2.45, 2.75) is 20.0 Å². The molecule has 1 heterocycles. The van der Waals surface area contributed by atoms with Gasteiger partial charge in [-0.3, -0.25) is 4.79 Å². The lowest BCUT2D eigenvalue weighted by molar-refractivity contribution is 0.219. The zero-order valence-corrected chi connectivity index (χ0v) is 11.3. The van der Waals surface area contributed by atoms with Gasteiger partial charge in [0.05, 0.1) is 0 Å². The third-order valence-corrected chi connectivity index (χ3v) is 2.31. The number of rotatable bonds is 4. The number of aromatic nitrogens is 1. The largest absolute Gasteiger partial charge is 0.384 e. The second-order valence-corrected chi connectivity index (χ2v) is 3.42. The first-order chi connectivity index (χ1) is 8.60. The number of aryl methyl sites for hydroxylation is 1. The average molecular weight is 247 g/mol. The zero-order chi connectivity index (χ0) is 14.1. The molecule has 0 saturated heterocycles. The Morgan fingerprint density at radius 1 is 1.44 bits per heavy atom. The molecule has 0 aliphatic carbocycles. The van der Waals surface area contributed by atoms with E-state index in [-0.39, 0.29) is 5.56 Å². The van der Waals surface area contributed by atoms with Crippen LogP contribution in [-0.2, 0) is 7.05 Å². The van der Waals surface area contributed by atoms with Crippen molar-refractivity contribution in [1.29, 1.82) is 0 Å². The SMILES string of the molecule is C=C/C=C(\C=C)C(O)c1ccn(C)c(=O)c1.CC. The normalized spacial score (nSPS) is 12.1. The molecule has 3 nitrogen and oxygen atoms in total. The fraction of sp³-hybridized carbons (Fsp3) is 0.267. The van der Waals surface area contributed by atoms with Gasteiger partial charge in [0.2, 0.25) is 0 Å². The highest BCUT2D eigenvalue weighted by Gasteiger charge is 2.10. The Morgan fingerprint density at radius 3 is 2.50 bits per heavy atom. The first-order valence-electron chi connectivity index (χ1n) is 5.90. The molecule has 0 saturated carbocycles. The standard InChI is InChI=1S/C13H15NO2.C2H6/c1-4-6-10(5-2)13(16)11-7-8-14(3)12(15)9-11;1-2/h4-9,13,16H,1-2H2,3H3;1-2H3/b10-6+;. The molecule has 0 spiro atoms. The van der Waals surface area contributed by atoms with Crippen molar-refractivity contribution in [1.82, 2.24) is 4.57 Å². The second-order valence-electron chi connectivity index (χ2n) is 3.42. The van der Waals surface area contributed by atoms with Crippen LogP contribution in [0.1, 0.15) is 25.5 Å². The van der Waals surface area contributed by atoms with Gasteiger partial charge in [0.15, 0.2) is 0 Å². The maximum Gasteiger partial charge on any atom is 0.250 e. The monoisotopic (exact) mass is 247 g/mol. The Morgan fingerprint density at radius 2 is 2.06 bits per heavy atom. The molecule has 1 rings (SSSR count). The highest BCUT2D eigenvalue weighted by molar-refractivity contribution is 5.32. The Hall–Kier alpha value is -1.87. The lowest BCUT2D eigenvalue weighted by Gasteiger charge is -2.12. The maximum atomic E-state index is 11.4. The van der Waals surface area contributed by atoms with Crippen LogP contribution in [0.15, 0.2) is 60.1 Å². The first kappa shape index (κ1) is 16.1. The van der Waals surface area contributed by atoms with Gasteiger partial charge in [-0.05, 0) is 17.2 Å². The molecule has 1 atom stereocenters. The van der Waals surface area contributed by atoms with Crippen LogP contribution in [0.5, 0.6) is 0 Å². The molecule has 0 aliphatic rings.